The molecule has 2 rings (SSSR count). The van der Waals surface area contributed by atoms with Gasteiger partial charge in [-0.2, -0.15) is 4.39 Å². The van der Waals surface area contributed by atoms with Crippen molar-refractivity contribution in [3.05, 3.63) is 42.0 Å². The number of pyridine rings is 1. The SMILES string of the molecule is Cc1cnc(C(C)Nc2cccc(F)n2)o1. The van der Waals surface area contributed by atoms with Crippen LogP contribution in [0.15, 0.2) is 28.8 Å². The van der Waals surface area contributed by atoms with Crippen molar-refractivity contribution < 1.29 is 8.81 Å². The van der Waals surface area contributed by atoms with E-state index < -0.39 is 5.95 Å². The Hall–Kier alpha value is -1.91. The second kappa shape index (κ2) is 4.30. The summed E-state index contributed by atoms with van der Waals surface area (Å²) in [5, 5.41) is 3.00. The van der Waals surface area contributed by atoms with E-state index in [2.05, 4.69) is 15.3 Å². The summed E-state index contributed by atoms with van der Waals surface area (Å²) >= 11 is 0. The Morgan fingerprint density at radius 2 is 2.25 bits per heavy atom. The summed E-state index contributed by atoms with van der Waals surface area (Å²) in [6.45, 7) is 3.70. The van der Waals surface area contributed by atoms with Crippen molar-refractivity contribution in [1.29, 1.82) is 0 Å². The number of nitrogens with zero attached hydrogens (tertiary/aromatic N) is 2. The Bertz CT molecular complexity index is 484. The molecule has 0 aliphatic rings. The van der Waals surface area contributed by atoms with Crippen LogP contribution < -0.4 is 5.32 Å². The van der Waals surface area contributed by atoms with Gasteiger partial charge < -0.3 is 9.73 Å². The molecule has 0 saturated carbocycles. The van der Waals surface area contributed by atoms with E-state index in [0.717, 1.165) is 5.76 Å². The summed E-state index contributed by atoms with van der Waals surface area (Å²) in [5.41, 5.74) is 0. The smallest absolute Gasteiger partial charge is 0.216 e. The molecule has 1 unspecified atom stereocenters. The van der Waals surface area contributed by atoms with E-state index in [1.54, 1.807) is 18.3 Å². The van der Waals surface area contributed by atoms with Gasteiger partial charge in [0.15, 0.2) is 0 Å². The van der Waals surface area contributed by atoms with Gasteiger partial charge in [-0.25, -0.2) is 9.97 Å². The van der Waals surface area contributed by atoms with Gasteiger partial charge in [0.05, 0.1) is 6.20 Å². The quantitative estimate of drug-likeness (QED) is 0.809. The lowest BCUT2D eigenvalue weighted by Gasteiger charge is -2.10. The monoisotopic (exact) mass is 221 g/mol. The first kappa shape index (κ1) is 10.6. The summed E-state index contributed by atoms with van der Waals surface area (Å²) < 4.78 is 18.2. The molecule has 0 aromatic carbocycles. The second-order valence-electron chi connectivity index (χ2n) is 3.52. The van der Waals surface area contributed by atoms with Crippen LogP contribution in [-0.4, -0.2) is 9.97 Å². The number of hydrogen-bond donors (Lipinski definition) is 1. The standard InChI is InChI=1S/C11H12FN3O/c1-7-6-13-11(16-7)8(2)14-10-5-3-4-9(12)15-10/h3-6,8H,1-2H3,(H,14,15). The Morgan fingerprint density at radius 3 is 2.88 bits per heavy atom. The first-order chi connectivity index (χ1) is 7.65. The molecule has 84 valence electrons. The first-order valence-electron chi connectivity index (χ1n) is 4.96. The zero-order chi connectivity index (χ0) is 11.5. The highest BCUT2D eigenvalue weighted by Crippen LogP contribution is 2.17. The van der Waals surface area contributed by atoms with Gasteiger partial charge in [-0.15, -0.1) is 0 Å². The fourth-order valence-electron chi connectivity index (χ4n) is 1.34. The molecule has 0 aliphatic carbocycles. The fraction of sp³-hybridized carbons (Fsp3) is 0.273. The summed E-state index contributed by atoms with van der Waals surface area (Å²) in [4.78, 5) is 7.78. The lowest BCUT2D eigenvalue weighted by atomic mass is 10.3. The maximum atomic E-state index is 12.8. The van der Waals surface area contributed by atoms with Crippen molar-refractivity contribution in [2.45, 2.75) is 19.9 Å². The zero-order valence-corrected chi connectivity index (χ0v) is 9.07. The molecule has 1 N–H and O–H groups in total. The van der Waals surface area contributed by atoms with Crippen molar-refractivity contribution in [1.82, 2.24) is 9.97 Å². The van der Waals surface area contributed by atoms with Crippen LogP contribution in [0.3, 0.4) is 0 Å². The van der Waals surface area contributed by atoms with Gasteiger partial charge in [-0.05, 0) is 26.0 Å². The predicted octanol–water partition coefficient (Wildman–Crippen LogP) is 2.69. The first-order valence-corrected chi connectivity index (χ1v) is 4.96. The molecular weight excluding hydrogens is 209 g/mol. The number of nitrogens with one attached hydrogen (secondary N) is 1. The van der Waals surface area contributed by atoms with Crippen LogP contribution >= 0.6 is 0 Å². The van der Waals surface area contributed by atoms with E-state index in [1.165, 1.54) is 6.07 Å². The molecule has 2 heterocycles. The molecule has 16 heavy (non-hydrogen) atoms. The van der Waals surface area contributed by atoms with Crippen LogP contribution in [0.4, 0.5) is 10.2 Å². The van der Waals surface area contributed by atoms with Crippen molar-refractivity contribution in [2.75, 3.05) is 5.32 Å². The van der Waals surface area contributed by atoms with E-state index >= 15 is 0 Å². The molecular formula is C11H12FN3O. The molecule has 0 radical (unpaired) electrons. The van der Waals surface area contributed by atoms with E-state index in [1.807, 2.05) is 13.8 Å². The molecule has 0 bridgehead atoms. The molecule has 2 aromatic rings. The van der Waals surface area contributed by atoms with Gasteiger partial charge in [-0.3, -0.25) is 0 Å². The molecule has 2 aromatic heterocycles. The Labute approximate surface area is 92.5 Å². The number of hydrogen-bond acceptors (Lipinski definition) is 4. The summed E-state index contributed by atoms with van der Waals surface area (Å²) in [6, 6.07) is 4.43. The summed E-state index contributed by atoms with van der Waals surface area (Å²) in [6.07, 6.45) is 1.65. The summed E-state index contributed by atoms with van der Waals surface area (Å²) in [5.74, 6) is 1.25. The topological polar surface area (TPSA) is 51.0 Å². The number of aromatic nitrogens is 2. The zero-order valence-electron chi connectivity index (χ0n) is 9.07. The maximum absolute atomic E-state index is 12.8. The predicted molar refractivity (Wildman–Crippen MR) is 57.5 cm³/mol. The number of rotatable bonds is 3. The van der Waals surface area contributed by atoms with Crippen LogP contribution in [0.2, 0.25) is 0 Å². The molecule has 0 spiro atoms. The largest absolute Gasteiger partial charge is 0.444 e. The maximum Gasteiger partial charge on any atom is 0.216 e. The van der Waals surface area contributed by atoms with Crippen LogP contribution in [0, 0.1) is 12.9 Å². The van der Waals surface area contributed by atoms with Crippen LogP contribution in [0.25, 0.3) is 0 Å². The Morgan fingerprint density at radius 1 is 1.44 bits per heavy atom. The number of aryl methyl sites for hydroxylation is 1. The van der Waals surface area contributed by atoms with Gasteiger partial charge in [-0.1, -0.05) is 6.07 Å². The molecule has 0 saturated heterocycles. The number of anilines is 1. The third-order valence-corrected chi connectivity index (χ3v) is 2.09. The van der Waals surface area contributed by atoms with Crippen molar-refractivity contribution in [3.8, 4) is 0 Å². The van der Waals surface area contributed by atoms with Crippen LogP contribution in [-0.2, 0) is 0 Å². The Balaban J connectivity index is 2.10. The van der Waals surface area contributed by atoms with E-state index in [9.17, 15) is 4.39 Å². The third kappa shape index (κ3) is 2.36. The highest BCUT2D eigenvalue weighted by Gasteiger charge is 2.11. The lowest BCUT2D eigenvalue weighted by molar-refractivity contribution is 0.453. The normalized spacial score (nSPS) is 12.4. The molecule has 1 atom stereocenters. The van der Waals surface area contributed by atoms with Crippen LogP contribution in [0.5, 0.6) is 0 Å². The van der Waals surface area contributed by atoms with Gasteiger partial charge >= 0.3 is 0 Å². The number of oxazole rings is 1. The minimum Gasteiger partial charge on any atom is -0.444 e. The highest BCUT2D eigenvalue weighted by atomic mass is 19.1. The average molecular weight is 221 g/mol. The number of halogens is 1. The third-order valence-electron chi connectivity index (χ3n) is 2.09. The van der Waals surface area contributed by atoms with Gasteiger partial charge in [0.25, 0.3) is 0 Å². The molecule has 0 aliphatic heterocycles. The highest BCUT2D eigenvalue weighted by molar-refractivity contribution is 5.35. The van der Waals surface area contributed by atoms with Gasteiger partial charge in [0, 0.05) is 0 Å². The summed E-state index contributed by atoms with van der Waals surface area (Å²) in [7, 11) is 0. The van der Waals surface area contributed by atoms with Crippen molar-refractivity contribution >= 4 is 5.82 Å². The second-order valence-corrected chi connectivity index (χ2v) is 3.52. The average Bonchev–Trinajstić information content (AvgIpc) is 2.65. The van der Waals surface area contributed by atoms with E-state index in [-0.39, 0.29) is 6.04 Å². The van der Waals surface area contributed by atoms with Crippen LogP contribution in [0.1, 0.15) is 24.6 Å². The molecule has 0 fully saturated rings. The minimum absolute atomic E-state index is 0.150. The Kier molecular flexibility index (Phi) is 2.85. The molecule has 4 nitrogen and oxygen atoms in total. The van der Waals surface area contributed by atoms with E-state index in [4.69, 9.17) is 4.42 Å². The molecule has 5 heteroatoms. The van der Waals surface area contributed by atoms with Crippen molar-refractivity contribution in [2.24, 2.45) is 0 Å². The van der Waals surface area contributed by atoms with Gasteiger partial charge in [0.1, 0.15) is 17.6 Å². The van der Waals surface area contributed by atoms with E-state index in [0.29, 0.717) is 11.7 Å². The molecule has 0 amide bonds. The van der Waals surface area contributed by atoms with Gasteiger partial charge in [0.2, 0.25) is 11.8 Å². The van der Waals surface area contributed by atoms with Crippen molar-refractivity contribution in [3.63, 3.8) is 0 Å². The fourth-order valence-corrected chi connectivity index (χ4v) is 1.34. The minimum atomic E-state index is -0.513. The lowest BCUT2D eigenvalue weighted by Crippen LogP contribution is -2.08.